The topological polar surface area (TPSA) is 43.4 Å². The Hall–Kier alpha value is -1.78. The molecular weight excluding hydrogens is 288 g/mol. The molecule has 1 N–H and O–H groups in total. The fourth-order valence-corrected chi connectivity index (χ4v) is 2.07. The number of ether oxygens (including phenoxy) is 2. The van der Waals surface area contributed by atoms with Gasteiger partial charge in [-0.15, -0.1) is 0 Å². The normalized spacial score (nSPS) is 10.4. The lowest BCUT2D eigenvalue weighted by Crippen LogP contribution is -2.04. The minimum atomic E-state index is 0.328. The van der Waals surface area contributed by atoms with Crippen LogP contribution in [0.5, 0.6) is 5.75 Å². The van der Waals surface area contributed by atoms with Gasteiger partial charge in [-0.25, -0.2) is 4.98 Å². The zero-order valence-electron chi connectivity index (χ0n) is 12.2. The van der Waals surface area contributed by atoms with E-state index in [9.17, 15) is 0 Å². The van der Waals surface area contributed by atoms with Crippen molar-refractivity contribution in [1.29, 1.82) is 0 Å². The molecule has 2 aromatic rings. The van der Waals surface area contributed by atoms with Gasteiger partial charge in [0.1, 0.15) is 18.2 Å². The van der Waals surface area contributed by atoms with Crippen molar-refractivity contribution >= 4 is 17.4 Å². The van der Waals surface area contributed by atoms with Gasteiger partial charge in [-0.05, 0) is 36.8 Å². The zero-order chi connectivity index (χ0) is 15.1. The molecule has 0 amide bonds. The Morgan fingerprint density at radius 1 is 1.19 bits per heavy atom. The molecule has 0 atom stereocenters. The van der Waals surface area contributed by atoms with Crippen LogP contribution in [0.3, 0.4) is 0 Å². The van der Waals surface area contributed by atoms with Crippen molar-refractivity contribution in [3.63, 3.8) is 0 Å². The third kappa shape index (κ3) is 4.62. The highest BCUT2D eigenvalue weighted by Crippen LogP contribution is 2.20. The Bertz CT molecular complexity index is 590. The van der Waals surface area contributed by atoms with Gasteiger partial charge in [0.05, 0.1) is 17.3 Å². The molecule has 0 saturated carbocycles. The van der Waals surface area contributed by atoms with Gasteiger partial charge in [0.25, 0.3) is 0 Å². The fraction of sp³-hybridized carbons (Fsp3) is 0.312. The molecule has 5 heteroatoms. The lowest BCUT2D eigenvalue weighted by molar-refractivity contribution is 0.184. The Kier molecular flexibility index (Phi) is 5.84. The molecule has 0 aliphatic heterocycles. The van der Waals surface area contributed by atoms with Crippen LogP contribution in [0.4, 0.5) is 5.82 Å². The molecule has 0 saturated heterocycles. The van der Waals surface area contributed by atoms with Gasteiger partial charge in [0.2, 0.25) is 0 Å². The van der Waals surface area contributed by atoms with Gasteiger partial charge in [0.15, 0.2) is 0 Å². The van der Waals surface area contributed by atoms with Crippen LogP contribution in [-0.4, -0.2) is 18.6 Å². The number of anilines is 1. The van der Waals surface area contributed by atoms with Crippen molar-refractivity contribution in [3.05, 3.63) is 52.7 Å². The summed E-state index contributed by atoms with van der Waals surface area (Å²) in [6.07, 6.45) is 0. The van der Waals surface area contributed by atoms with Crippen molar-refractivity contribution in [3.8, 4) is 5.75 Å². The smallest absolute Gasteiger partial charge is 0.132 e. The average Bonchev–Trinajstić information content (AvgIpc) is 2.49. The van der Waals surface area contributed by atoms with Crippen LogP contribution in [-0.2, 0) is 18.0 Å². The van der Waals surface area contributed by atoms with Crippen LogP contribution in [0.1, 0.15) is 18.2 Å². The van der Waals surface area contributed by atoms with E-state index < -0.39 is 0 Å². The van der Waals surface area contributed by atoms with Gasteiger partial charge in [-0.1, -0.05) is 23.7 Å². The van der Waals surface area contributed by atoms with E-state index in [4.69, 9.17) is 21.1 Å². The number of rotatable bonds is 7. The zero-order valence-corrected chi connectivity index (χ0v) is 13.0. The predicted molar refractivity (Wildman–Crippen MR) is 84.9 cm³/mol. The number of methoxy groups -OCH3 is 1. The van der Waals surface area contributed by atoms with Crippen molar-refractivity contribution in [2.75, 3.05) is 19.0 Å². The minimum Gasteiger partial charge on any atom is -0.487 e. The summed E-state index contributed by atoms with van der Waals surface area (Å²) in [7, 11) is 1.67. The van der Waals surface area contributed by atoms with E-state index in [1.54, 1.807) is 7.11 Å². The number of hydrogen-bond donors (Lipinski definition) is 1. The number of hydrogen-bond acceptors (Lipinski definition) is 4. The fourth-order valence-electron chi connectivity index (χ4n) is 1.91. The summed E-state index contributed by atoms with van der Waals surface area (Å²) in [5.41, 5.74) is 1.78. The minimum absolute atomic E-state index is 0.328. The largest absolute Gasteiger partial charge is 0.487 e. The second kappa shape index (κ2) is 7.86. The van der Waals surface area contributed by atoms with E-state index in [0.717, 1.165) is 23.7 Å². The molecule has 0 aliphatic carbocycles. The standard InChI is InChI=1S/C16H19ClN2O2/c1-3-18-16-8-7-14(17)15(19-16)11-21-13-6-4-5-12(9-13)10-20-2/h4-9H,3,10-11H2,1-2H3,(H,18,19). The number of benzene rings is 1. The summed E-state index contributed by atoms with van der Waals surface area (Å²) in [6.45, 7) is 3.72. The van der Waals surface area contributed by atoms with E-state index in [0.29, 0.717) is 23.9 Å². The second-order valence-corrected chi connectivity index (χ2v) is 4.93. The second-order valence-electron chi connectivity index (χ2n) is 4.52. The maximum Gasteiger partial charge on any atom is 0.132 e. The summed E-state index contributed by atoms with van der Waals surface area (Å²) in [5.74, 6) is 1.57. The maximum absolute atomic E-state index is 6.15. The highest BCUT2D eigenvalue weighted by Gasteiger charge is 2.05. The lowest BCUT2D eigenvalue weighted by atomic mass is 10.2. The first-order valence-electron chi connectivity index (χ1n) is 6.83. The number of pyridine rings is 1. The van der Waals surface area contributed by atoms with Crippen molar-refractivity contribution in [2.45, 2.75) is 20.1 Å². The predicted octanol–water partition coefficient (Wildman–Crippen LogP) is 3.89. The number of halogens is 1. The summed E-state index contributed by atoms with van der Waals surface area (Å²) in [6, 6.07) is 11.5. The van der Waals surface area contributed by atoms with E-state index in [-0.39, 0.29) is 0 Å². The van der Waals surface area contributed by atoms with Gasteiger partial charge >= 0.3 is 0 Å². The Morgan fingerprint density at radius 3 is 2.81 bits per heavy atom. The van der Waals surface area contributed by atoms with Crippen LogP contribution in [0, 0.1) is 0 Å². The van der Waals surface area contributed by atoms with E-state index in [1.807, 2.05) is 43.3 Å². The third-order valence-corrected chi connectivity index (χ3v) is 3.21. The molecule has 0 bridgehead atoms. The van der Waals surface area contributed by atoms with Crippen LogP contribution >= 0.6 is 11.6 Å². The third-order valence-electron chi connectivity index (χ3n) is 2.86. The highest BCUT2D eigenvalue weighted by molar-refractivity contribution is 6.31. The molecule has 21 heavy (non-hydrogen) atoms. The van der Waals surface area contributed by atoms with Crippen LogP contribution in [0.25, 0.3) is 0 Å². The molecular formula is C16H19ClN2O2. The monoisotopic (exact) mass is 306 g/mol. The summed E-state index contributed by atoms with van der Waals surface area (Å²) in [4.78, 5) is 4.44. The van der Waals surface area contributed by atoms with Crippen molar-refractivity contribution in [1.82, 2.24) is 4.98 Å². The molecule has 1 aromatic heterocycles. The van der Waals surface area contributed by atoms with Gasteiger partial charge in [0, 0.05) is 13.7 Å². The van der Waals surface area contributed by atoms with E-state index >= 15 is 0 Å². The summed E-state index contributed by atoms with van der Waals surface area (Å²) in [5, 5.41) is 3.76. The van der Waals surface area contributed by atoms with E-state index in [1.165, 1.54) is 0 Å². The Balaban J connectivity index is 2.05. The van der Waals surface area contributed by atoms with Crippen LogP contribution in [0.2, 0.25) is 5.02 Å². The molecule has 0 spiro atoms. The van der Waals surface area contributed by atoms with Crippen LogP contribution < -0.4 is 10.1 Å². The summed E-state index contributed by atoms with van der Waals surface area (Å²) >= 11 is 6.15. The molecule has 1 aromatic carbocycles. The van der Waals surface area contributed by atoms with Crippen molar-refractivity contribution < 1.29 is 9.47 Å². The number of nitrogens with zero attached hydrogens (tertiary/aromatic N) is 1. The number of nitrogens with one attached hydrogen (secondary N) is 1. The SMILES string of the molecule is CCNc1ccc(Cl)c(COc2cccc(COC)c2)n1. The van der Waals surface area contributed by atoms with Gasteiger partial charge in [-0.3, -0.25) is 0 Å². The molecule has 0 unspecified atom stereocenters. The first-order chi connectivity index (χ1) is 10.2. The van der Waals surface area contributed by atoms with Crippen molar-refractivity contribution in [2.24, 2.45) is 0 Å². The molecule has 4 nitrogen and oxygen atoms in total. The average molecular weight is 307 g/mol. The van der Waals surface area contributed by atoms with Gasteiger partial charge < -0.3 is 14.8 Å². The quantitative estimate of drug-likeness (QED) is 0.842. The Morgan fingerprint density at radius 2 is 2.05 bits per heavy atom. The Labute approximate surface area is 130 Å². The molecule has 2 rings (SSSR count). The van der Waals surface area contributed by atoms with Crippen LogP contribution in [0.15, 0.2) is 36.4 Å². The number of aromatic nitrogens is 1. The highest BCUT2D eigenvalue weighted by atomic mass is 35.5. The molecule has 0 aliphatic rings. The maximum atomic E-state index is 6.15. The molecule has 0 radical (unpaired) electrons. The molecule has 0 fully saturated rings. The van der Waals surface area contributed by atoms with Gasteiger partial charge in [-0.2, -0.15) is 0 Å². The van der Waals surface area contributed by atoms with E-state index in [2.05, 4.69) is 10.3 Å². The lowest BCUT2D eigenvalue weighted by Gasteiger charge is -2.10. The molecule has 112 valence electrons. The summed E-state index contributed by atoms with van der Waals surface area (Å²) < 4.78 is 10.9. The molecule has 1 heterocycles. The first-order valence-corrected chi connectivity index (χ1v) is 7.20. The first kappa shape index (κ1) is 15.6.